The van der Waals surface area contributed by atoms with E-state index in [1.54, 1.807) is 11.8 Å². The van der Waals surface area contributed by atoms with Gasteiger partial charge in [0.15, 0.2) is 0 Å². The van der Waals surface area contributed by atoms with E-state index in [0.717, 1.165) is 27.2 Å². The highest BCUT2D eigenvalue weighted by molar-refractivity contribution is 7.98. The third kappa shape index (κ3) is 2.00. The summed E-state index contributed by atoms with van der Waals surface area (Å²) in [6, 6.07) is 8.00. The third-order valence-electron chi connectivity index (χ3n) is 2.29. The molecule has 0 N–H and O–H groups in total. The van der Waals surface area contributed by atoms with Gasteiger partial charge < -0.3 is 0 Å². The van der Waals surface area contributed by atoms with Crippen molar-refractivity contribution in [3.8, 4) is 0 Å². The summed E-state index contributed by atoms with van der Waals surface area (Å²) < 4.78 is 0. The molecule has 0 bridgehead atoms. The number of aromatic nitrogens is 1. The van der Waals surface area contributed by atoms with Crippen LogP contribution in [0.5, 0.6) is 0 Å². The Morgan fingerprint density at radius 2 is 2.25 bits per heavy atom. The molecule has 4 heteroatoms. The van der Waals surface area contributed by atoms with Gasteiger partial charge in [0.25, 0.3) is 0 Å². The minimum absolute atomic E-state index is 0.841. The number of isothiocyanates is 1. The number of aliphatic imine (C=N–C) groups is 1. The topological polar surface area (TPSA) is 25.2 Å². The van der Waals surface area contributed by atoms with Gasteiger partial charge in [-0.25, -0.2) is 0 Å². The summed E-state index contributed by atoms with van der Waals surface area (Å²) in [5.41, 5.74) is 2.77. The number of thioether (sulfide) groups is 1. The summed E-state index contributed by atoms with van der Waals surface area (Å²) in [4.78, 5) is 9.79. The standard InChI is InChI=1S/C12H10N2S2/c1-8-6-10(13-7-15)9-4-3-5-11(16-2)12(9)14-8/h3-6H,1-2H3. The third-order valence-corrected chi connectivity index (χ3v) is 3.16. The SMILES string of the molecule is CSc1cccc2c(N=C=S)cc(C)nc12. The number of pyridine rings is 1. The zero-order valence-corrected chi connectivity index (χ0v) is 10.7. The molecule has 2 rings (SSSR count). The van der Waals surface area contributed by atoms with E-state index >= 15 is 0 Å². The normalized spacial score (nSPS) is 10.1. The maximum atomic E-state index is 4.66. The van der Waals surface area contributed by atoms with Crippen LogP contribution in [0.2, 0.25) is 0 Å². The van der Waals surface area contributed by atoms with Gasteiger partial charge in [0.2, 0.25) is 0 Å². The molecule has 0 saturated carbocycles. The first-order valence-corrected chi connectivity index (χ1v) is 6.42. The molecule has 1 aromatic carbocycles. The Bertz CT molecular complexity index is 587. The van der Waals surface area contributed by atoms with E-state index in [-0.39, 0.29) is 0 Å². The second-order valence-corrected chi connectivity index (χ2v) is 4.37. The van der Waals surface area contributed by atoms with Crippen molar-refractivity contribution < 1.29 is 0 Å². The van der Waals surface area contributed by atoms with Crippen molar-refractivity contribution in [3.05, 3.63) is 30.0 Å². The zero-order valence-electron chi connectivity index (χ0n) is 9.02. The number of thiocarbonyl (C=S) groups is 1. The van der Waals surface area contributed by atoms with E-state index in [1.165, 1.54) is 0 Å². The van der Waals surface area contributed by atoms with Gasteiger partial charge in [0, 0.05) is 16.0 Å². The van der Waals surface area contributed by atoms with Crippen LogP contribution < -0.4 is 0 Å². The quantitative estimate of drug-likeness (QED) is 0.455. The van der Waals surface area contributed by atoms with Crippen LogP contribution in [-0.4, -0.2) is 16.4 Å². The van der Waals surface area contributed by atoms with Crippen LogP contribution in [0.1, 0.15) is 5.69 Å². The van der Waals surface area contributed by atoms with Crippen LogP contribution in [0.25, 0.3) is 10.9 Å². The molecule has 0 aliphatic heterocycles. The Morgan fingerprint density at radius 3 is 2.94 bits per heavy atom. The monoisotopic (exact) mass is 246 g/mol. The summed E-state index contributed by atoms with van der Waals surface area (Å²) in [7, 11) is 0. The van der Waals surface area contributed by atoms with Crippen molar-refractivity contribution in [3.63, 3.8) is 0 Å². The number of benzene rings is 1. The molecule has 0 atom stereocenters. The lowest BCUT2D eigenvalue weighted by Gasteiger charge is -2.06. The van der Waals surface area contributed by atoms with E-state index in [9.17, 15) is 0 Å². The fraction of sp³-hybridized carbons (Fsp3) is 0.167. The van der Waals surface area contributed by atoms with Crippen molar-refractivity contribution in [2.75, 3.05) is 6.26 Å². The number of rotatable bonds is 2. The zero-order chi connectivity index (χ0) is 11.5. The summed E-state index contributed by atoms with van der Waals surface area (Å²) in [6.07, 6.45) is 2.04. The minimum atomic E-state index is 0.841. The molecule has 80 valence electrons. The van der Waals surface area contributed by atoms with Gasteiger partial charge in [-0.15, -0.1) is 11.8 Å². The first kappa shape index (κ1) is 11.3. The van der Waals surface area contributed by atoms with Gasteiger partial charge >= 0.3 is 0 Å². The first-order valence-electron chi connectivity index (χ1n) is 4.78. The Labute approximate surface area is 104 Å². The van der Waals surface area contributed by atoms with Crippen LogP contribution in [0.3, 0.4) is 0 Å². The van der Waals surface area contributed by atoms with Crippen molar-refractivity contribution in [1.82, 2.24) is 4.98 Å². The number of fused-ring (bicyclic) bond motifs is 1. The van der Waals surface area contributed by atoms with Crippen LogP contribution in [0.15, 0.2) is 34.2 Å². The van der Waals surface area contributed by atoms with Crippen molar-refractivity contribution in [2.24, 2.45) is 4.99 Å². The lowest BCUT2D eigenvalue weighted by atomic mass is 10.1. The van der Waals surface area contributed by atoms with E-state index < -0.39 is 0 Å². The molecule has 0 unspecified atom stereocenters. The van der Waals surface area contributed by atoms with Crippen LogP contribution >= 0.6 is 24.0 Å². The lowest BCUT2D eigenvalue weighted by molar-refractivity contribution is 1.23. The van der Waals surface area contributed by atoms with Crippen molar-refractivity contribution >= 4 is 45.7 Å². The number of para-hydroxylation sites is 1. The average Bonchev–Trinajstić information content (AvgIpc) is 2.28. The molecule has 1 aromatic heterocycles. The molecular weight excluding hydrogens is 236 g/mol. The molecule has 0 spiro atoms. The van der Waals surface area contributed by atoms with E-state index in [1.807, 2.05) is 31.4 Å². The molecule has 0 aliphatic carbocycles. The molecule has 0 saturated heterocycles. The lowest BCUT2D eigenvalue weighted by Crippen LogP contribution is -1.86. The number of nitrogens with zero attached hydrogens (tertiary/aromatic N) is 2. The van der Waals surface area contributed by atoms with E-state index in [0.29, 0.717) is 0 Å². The Morgan fingerprint density at radius 1 is 1.44 bits per heavy atom. The van der Waals surface area contributed by atoms with E-state index in [2.05, 4.69) is 33.4 Å². The molecule has 1 heterocycles. The van der Waals surface area contributed by atoms with Gasteiger partial charge in [0.05, 0.1) is 16.4 Å². The molecule has 2 aromatic rings. The predicted octanol–water partition coefficient (Wildman–Crippen LogP) is 4.00. The van der Waals surface area contributed by atoms with Crippen LogP contribution in [-0.2, 0) is 0 Å². The highest BCUT2D eigenvalue weighted by Gasteiger charge is 2.06. The van der Waals surface area contributed by atoms with Gasteiger partial charge in [-0.3, -0.25) is 4.98 Å². The smallest absolute Gasteiger partial charge is 0.0862 e. The average molecular weight is 246 g/mol. The summed E-state index contributed by atoms with van der Waals surface area (Å²) >= 11 is 6.34. The molecule has 0 radical (unpaired) electrons. The van der Waals surface area contributed by atoms with Crippen molar-refractivity contribution in [2.45, 2.75) is 11.8 Å². The molecule has 0 fully saturated rings. The second-order valence-electron chi connectivity index (χ2n) is 3.34. The molecular formula is C12H10N2S2. The Balaban J connectivity index is 2.87. The summed E-state index contributed by atoms with van der Waals surface area (Å²) in [5.74, 6) is 0. The van der Waals surface area contributed by atoms with Gasteiger partial charge in [-0.05, 0) is 37.5 Å². The van der Waals surface area contributed by atoms with Crippen molar-refractivity contribution in [1.29, 1.82) is 0 Å². The highest BCUT2D eigenvalue weighted by atomic mass is 32.2. The molecule has 0 amide bonds. The first-order chi connectivity index (χ1) is 7.76. The van der Waals surface area contributed by atoms with Gasteiger partial charge in [-0.2, -0.15) is 4.99 Å². The van der Waals surface area contributed by atoms with Crippen LogP contribution in [0, 0.1) is 6.92 Å². The number of hydrogen-bond donors (Lipinski definition) is 0. The van der Waals surface area contributed by atoms with Crippen LogP contribution in [0.4, 0.5) is 5.69 Å². The number of aryl methyl sites for hydroxylation is 1. The molecule has 0 aliphatic rings. The Kier molecular flexibility index (Phi) is 3.34. The largest absolute Gasteiger partial charge is 0.252 e. The highest BCUT2D eigenvalue weighted by Crippen LogP contribution is 2.31. The fourth-order valence-corrected chi connectivity index (χ4v) is 2.30. The maximum Gasteiger partial charge on any atom is 0.0862 e. The maximum absolute atomic E-state index is 4.66. The minimum Gasteiger partial charge on any atom is -0.252 e. The second kappa shape index (κ2) is 4.74. The number of hydrogen-bond acceptors (Lipinski definition) is 4. The fourth-order valence-electron chi connectivity index (χ4n) is 1.63. The predicted molar refractivity (Wildman–Crippen MR) is 72.9 cm³/mol. The van der Waals surface area contributed by atoms with E-state index in [4.69, 9.17) is 0 Å². The summed E-state index contributed by atoms with van der Waals surface area (Å²) in [6.45, 7) is 1.96. The summed E-state index contributed by atoms with van der Waals surface area (Å²) in [5, 5.41) is 3.44. The Hall–Kier alpha value is -1.22. The molecule has 2 nitrogen and oxygen atoms in total. The van der Waals surface area contributed by atoms with Gasteiger partial charge in [0.1, 0.15) is 0 Å². The van der Waals surface area contributed by atoms with Gasteiger partial charge in [-0.1, -0.05) is 12.1 Å². The molecule has 16 heavy (non-hydrogen) atoms.